The number of benzene rings is 2. The second-order valence-electron chi connectivity index (χ2n) is 7.67. The molecule has 3 aromatic heterocycles. The van der Waals surface area contributed by atoms with E-state index in [1.54, 1.807) is 11.3 Å². The molecule has 0 fully saturated rings. The first-order chi connectivity index (χ1) is 15.3. The van der Waals surface area contributed by atoms with Gasteiger partial charge in [0.2, 0.25) is 0 Å². The average Bonchev–Trinajstić information content (AvgIpc) is 3.43. The SMILES string of the molecule is Cc1nc(N2CCn3c(nnc3-c3ccccc3)C2)c2cc(-c3ccccc3)sc2n1. The molecule has 1 aliphatic rings. The van der Waals surface area contributed by atoms with Crippen molar-refractivity contribution in [3.05, 3.63) is 78.4 Å². The molecule has 5 aromatic rings. The van der Waals surface area contributed by atoms with Gasteiger partial charge in [-0.3, -0.25) is 0 Å². The highest BCUT2D eigenvalue weighted by Gasteiger charge is 2.25. The Bertz CT molecular complexity index is 1370. The van der Waals surface area contributed by atoms with Gasteiger partial charge in [-0.05, 0) is 18.6 Å². The molecule has 0 bridgehead atoms. The number of anilines is 1. The second-order valence-corrected chi connectivity index (χ2v) is 8.70. The number of nitrogens with zero attached hydrogens (tertiary/aromatic N) is 6. The van der Waals surface area contributed by atoms with E-state index in [0.29, 0.717) is 6.54 Å². The zero-order valence-corrected chi connectivity index (χ0v) is 17.9. The normalized spacial score (nSPS) is 13.5. The van der Waals surface area contributed by atoms with Gasteiger partial charge in [-0.2, -0.15) is 0 Å². The van der Waals surface area contributed by atoms with Crippen molar-refractivity contribution in [1.29, 1.82) is 0 Å². The van der Waals surface area contributed by atoms with Gasteiger partial charge in [0.05, 0.1) is 11.9 Å². The largest absolute Gasteiger partial charge is 0.347 e. The molecule has 31 heavy (non-hydrogen) atoms. The number of hydrogen-bond acceptors (Lipinski definition) is 6. The maximum absolute atomic E-state index is 4.83. The van der Waals surface area contributed by atoms with Crippen molar-refractivity contribution in [3.8, 4) is 21.8 Å². The van der Waals surface area contributed by atoms with Crippen molar-refractivity contribution < 1.29 is 0 Å². The van der Waals surface area contributed by atoms with Gasteiger partial charge in [0, 0.05) is 23.5 Å². The summed E-state index contributed by atoms with van der Waals surface area (Å²) in [4.78, 5) is 14.1. The minimum absolute atomic E-state index is 0.682. The summed E-state index contributed by atoms with van der Waals surface area (Å²) in [6.07, 6.45) is 0. The van der Waals surface area contributed by atoms with Crippen LogP contribution >= 0.6 is 11.3 Å². The first kappa shape index (κ1) is 18.2. The zero-order chi connectivity index (χ0) is 20.8. The quantitative estimate of drug-likeness (QED) is 0.410. The summed E-state index contributed by atoms with van der Waals surface area (Å²) in [5, 5.41) is 10.1. The van der Waals surface area contributed by atoms with Gasteiger partial charge in [0.25, 0.3) is 0 Å². The van der Waals surface area contributed by atoms with Crippen molar-refractivity contribution >= 4 is 27.4 Å². The molecule has 0 saturated heterocycles. The van der Waals surface area contributed by atoms with Crippen LogP contribution in [-0.2, 0) is 13.1 Å². The van der Waals surface area contributed by atoms with Gasteiger partial charge in [-0.15, -0.1) is 21.5 Å². The molecule has 2 aromatic carbocycles. The van der Waals surface area contributed by atoms with Gasteiger partial charge in [-0.25, -0.2) is 9.97 Å². The van der Waals surface area contributed by atoms with Gasteiger partial charge in [-0.1, -0.05) is 60.7 Å². The molecule has 0 atom stereocenters. The predicted octanol–water partition coefficient (Wildman–Crippen LogP) is 4.95. The lowest BCUT2D eigenvalue weighted by Crippen LogP contribution is -2.34. The summed E-state index contributed by atoms with van der Waals surface area (Å²) >= 11 is 1.72. The highest BCUT2D eigenvalue weighted by molar-refractivity contribution is 7.21. The highest BCUT2D eigenvalue weighted by atomic mass is 32.1. The Hall–Kier alpha value is -3.58. The van der Waals surface area contributed by atoms with Crippen molar-refractivity contribution in [2.75, 3.05) is 11.4 Å². The van der Waals surface area contributed by atoms with E-state index in [1.165, 1.54) is 10.4 Å². The smallest absolute Gasteiger partial charge is 0.164 e. The van der Waals surface area contributed by atoms with Crippen LogP contribution in [0.3, 0.4) is 0 Å². The molecule has 0 radical (unpaired) electrons. The summed E-state index contributed by atoms with van der Waals surface area (Å²) < 4.78 is 2.22. The third kappa shape index (κ3) is 3.18. The maximum Gasteiger partial charge on any atom is 0.164 e. The summed E-state index contributed by atoms with van der Waals surface area (Å²) in [7, 11) is 0. The Morgan fingerprint density at radius 2 is 1.58 bits per heavy atom. The summed E-state index contributed by atoms with van der Waals surface area (Å²) in [5.74, 6) is 3.67. The summed E-state index contributed by atoms with van der Waals surface area (Å²) in [5.41, 5.74) is 2.31. The first-order valence-corrected chi connectivity index (χ1v) is 11.1. The molecular formula is C24H20N6S. The van der Waals surface area contributed by atoms with Crippen LogP contribution in [0.1, 0.15) is 11.6 Å². The first-order valence-electron chi connectivity index (χ1n) is 10.3. The fourth-order valence-corrected chi connectivity index (χ4v) is 5.21. The topological polar surface area (TPSA) is 59.7 Å². The Labute approximate surface area is 183 Å². The van der Waals surface area contributed by atoms with Crippen LogP contribution in [0.2, 0.25) is 0 Å². The third-order valence-corrected chi connectivity index (χ3v) is 6.71. The molecular weight excluding hydrogens is 404 g/mol. The molecule has 6 nitrogen and oxygen atoms in total. The maximum atomic E-state index is 4.83. The Morgan fingerprint density at radius 3 is 2.35 bits per heavy atom. The standard InChI is InChI=1S/C24H20N6S/c1-16-25-23(19-14-20(31-24(19)26-16)17-8-4-2-5-9-17)29-12-13-30-21(15-29)27-28-22(30)18-10-6-3-7-11-18/h2-11,14H,12-13,15H2,1H3. The molecule has 1 aliphatic heterocycles. The monoisotopic (exact) mass is 424 g/mol. The number of aromatic nitrogens is 5. The molecule has 7 heteroatoms. The fourth-order valence-electron chi connectivity index (χ4n) is 4.14. The minimum Gasteiger partial charge on any atom is -0.347 e. The third-order valence-electron chi connectivity index (χ3n) is 5.63. The lowest BCUT2D eigenvalue weighted by molar-refractivity contribution is 0.560. The van der Waals surface area contributed by atoms with Crippen LogP contribution in [-0.4, -0.2) is 31.3 Å². The van der Waals surface area contributed by atoms with E-state index in [-0.39, 0.29) is 0 Å². The van der Waals surface area contributed by atoms with Crippen LogP contribution in [0.15, 0.2) is 66.7 Å². The van der Waals surface area contributed by atoms with Crippen LogP contribution in [0.4, 0.5) is 5.82 Å². The summed E-state index contributed by atoms with van der Waals surface area (Å²) in [6, 6.07) is 22.9. The van der Waals surface area contributed by atoms with E-state index in [0.717, 1.165) is 52.2 Å². The molecule has 0 N–H and O–H groups in total. The Morgan fingerprint density at radius 1 is 0.839 bits per heavy atom. The van der Waals surface area contributed by atoms with Crippen molar-refractivity contribution in [3.63, 3.8) is 0 Å². The lowest BCUT2D eigenvalue weighted by Gasteiger charge is -2.29. The van der Waals surface area contributed by atoms with Crippen molar-refractivity contribution in [2.24, 2.45) is 0 Å². The van der Waals surface area contributed by atoms with E-state index in [1.807, 2.05) is 31.2 Å². The molecule has 152 valence electrons. The number of aryl methyl sites for hydroxylation is 1. The van der Waals surface area contributed by atoms with Gasteiger partial charge >= 0.3 is 0 Å². The van der Waals surface area contributed by atoms with E-state index in [4.69, 9.17) is 9.97 Å². The number of thiophene rings is 1. The van der Waals surface area contributed by atoms with E-state index in [9.17, 15) is 0 Å². The minimum atomic E-state index is 0.682. The molecule has 0 aliphatic carbocycles. The van der Waals surface area contributed by atoms with Crippen molar-refractivity contribution in [2.45, 2.75) is 20.0 Å². The highest BCUT2D eigenvalue weighted by Crippen LogP contribution is 2.37. The average molecular weight is 425 g/mol. The molecule has 4 heterocycles. The van der Waals surface area contributed by atoms with E-state index in [2.05, 4.69) is 62.1 Å². The molecule has 0 spiro atoms. The second kappa shape index (κ2) is 7.28. The Balaban J connectivity index is 1.38. The van der Waals surface area contributed by atoms with E-state index >= 15 is 0 Å². The predicted molar refractivity (Wildman–Crippen MR) is 124 cm³/mol. The van der Waals surface area contributed by atoms with Gasteiger partial charge < -0.3 is 9.47 Å². The zero-order valence-electron chi connectivity index (χ0n) is 17.1. The van der Waals surface area contributed by atoms with Crippen LogP contribution < -0.4 is 4.90 Å². The number of fused-ring (bicyclic) bond motifs is 2. The fraction of sp³-hybridized carbons (Fsp3) is 0.167. The lowest BCUT2D eigenvalue weighted by atomic mass is 10.2. The van der Waals surface area contributed by atoms with Crippen molar-refractivity contribution in [1.82, 2.24) is 24.7 Å². The number of rotatable bonds is 3. The van der Waals surface area contributed by atoms with Crippen LogP contribution in [0.25, 0.3) is 32.0 Å². The molecule has 0 unspecified atom stereocenters. The van der Waals surface area contributed by atoms with Crippen LogP contribution in [0.5, 0.6) is 0 Å². The summed E-state index contributed by atoms with van der Waals surface area (Å²) in [6.45, 7) is 4.33. The van der Waals surface area contributed by atoms with Gasteiger partial charge in [0.1, 0.15) is 16.5 Å². The molecule has 0 amide bonds. The molecule has 6 rings (SSSR count). The van der Waals surface area contributed by atoms with Crippen LogP contribution in [0, 0.1) is 6.92 Å². The van der Waals surface area contributed by atoms with E-state index < -0.39 is 0 Å². The molecule has 0 saturated carbocycles. The number of hydrogen-bond donors (Lipinski definition) is 0. The van der Waals surface area contributed by atoms with Gasteiger partial charge in [0.15, 0.2) is 11.6 Å². The Kier molecular flexibility index (Phi) is 4.28.